The number of benzene rings is 1. The van der Waals surface area contributed by atoms with E-state index >= 15 is 0 Å². The number of aromatic nitrogens is 2. The van der Waals surface area contributed by atoms with Crippen LogP contribution in [0.1, 0.15) is 40.5 Å². The van der Waals surface area contributed by atoms with Crippen LogP contribution < -0.4 is 10.2 Å². The van der Waals surface area contributed by atoms with E-state index < -0.39 is 0 Å². The van der Waals surface area contributed by atoms with Crippen molar-refractivity contribution in [2.75, 3.05) is 11.9 Å². The molecule has 0 radical (unpaired) electrons. The summed E-state index contributed by atoms with van der Waals surface area (Å²) in [6.45, 7) is 16.3. The topological polar surface area (TPSA) is 45.4 Å². The van der Waals surface area contributed by atoms with E-state index in [2.05, 4.69) is 66.1 Å². The minimum absolute atomic E-state index is 0.0975. The van der Waals surface area contributed by atoms with Gasteiger partial charge in [0, 0.05) is 28.9 Å². The van der Waals surface area contributed by atoms with E-state index in [0.29, 0.717) is 11.7 Å². The first-order chi connectivity index (χ1) is 13.2. The summed E-state index contributed by atoms with van der Waals surface area (Å²) in [5.74, 6) is 0. The van der Waals surface area contributed by atoms with E-state index in [9.17, 15) is 0 Å². The van der Waals surface area contributed by atoms with Gasteiger partial charge in [-0.05, 0) is 58.1 Å². The van der Waals surface area contributed by atoms with Gasteiger partial charge in [0.15, 0.2) is 10.7 Å². The molecule has 0 amide bonds. The molecule has 7 heteroatoms. The molecule has 0 unspecified atom stereocenters. The molecule has 146 valence electrons. The average molecular weight is 412 g/mol. The number of fused-ring (bicyclic) bond motifs is 1. The lowest BCUT2D eigenvalue weighted by molar-refractivity contribution is 0.161. The number of rotatable bonds is 3. The van der Waals surface area contributed by atoms with Gasteiger partial charge < -0.3 is 10.2 Å². The lowest BCUT2D eigenvalue weighted by atomic mass is 9.79. The fraction of sp³-hybridized carbons (Fsp3) is 0.476. The molecule has 0 saturated carbocycles. The monoisotopic (exact) mass is 411 g/mol. The van der Waals surface area contributed by atoms with Crippen molar-refractivity contribution in [1.29, 1.82) is 0 Å². The SMILES string of the molecule is [C-]#[N+]c1ccc2sc(-c3nnc(N(C)C4CC(C)(C)NC(C)(C)C4)s3)cc2c1. The van der Waals surface area contributed by atoms with Crippen LogP contribution in [-0.4, -0.2) is 34.4 Å². The van der Waals surface area contributed by atoms with Crippen LogP contribution in [0.5, 0.6) is 0 Å². The average Bonchev–Trinajstić information content (AvgIpc) is 3.24. The van der Waals surface area contributed by atoms with Crippen LogP contribution in [0, 0.1) is 6.57 Å². The van der Waals surface area contributed by atoms with Crippen molar-refractivity contribution in [1.82, 2.24) is 15.5 Å². The summed E-state index contributed by atoms with van der Waals surface area (Å²) >= 11 is 3.35. The Labute approximate surface area is 174 Å². The minimum atomic E-state index is 0.0975. The van der Waals surface area contributed by atoms with Gasteiger partial charge in [0.2, 0.25) is 5.13 Å². The van der Waals surface area contributed by atoms with Gasteiger partial charge in [-0.3, -0.25) is 0 Å². The number of anilines is 1. The zero-order valence-corrected chi connectivity index (χ0v) is 18.5. The normalized spacial score (nSPS) is 18.9. The highest BCUT2D eigenvalue weighted by atomic mass is 32.1. The van der Waals surface area contributed by atoms with Crippen molar-refractivity contribution in [2.45, 2.75) is 57.7 Å². The first-order valence-corrected chi connectivity index (χ1v) is 11.1. The van der Waals surface area contributed by atoms with E-state index in [-0.39, 0.29) is 11.1 Å². The maximum atomic E-state index is 7.19. The van der Waals surface area contributed by atoms with Gasteiger partial charge >= 0.3 is 0 Å². The van der Waals surface area contributed by atoms with Gasteiger partial charge in [-0.15, -0.1) is 21.5 Å². The van der Waals surface area contributed by atoms with Crippen LogP contribution in [0.2, 0.25) is 0 Å². The molecule has 1 fully saturated rings. The Kier molecular flexibility index (Phi) is 4.69. The molecule has 1 saturated heterocycles. The molecule has 0 atom stereocenters. The van der Waals surface area contributed by atoms with Crippen molar-refractivity contribution < 1.29 is 0 Å². The largest absolute Gasteiger partial charge is 0.347 e. The molecule has 3 aromatic rings. The molecule has 28 heavy (non-hydrogen) atoms. The molecule has 0 bridgehead atoms. The molecule has 4 rings (SSSR count). The Morgan fingerprint density at radius 1 is 1.11 bits per heavy atom. The summed E-state index contributed by atoms with van der Waals surface area (Å²) in [5.41, 5.74) is 0.867. The fourth-order valence-electron chi connectivity index (χ4n) is 4.36. The first-order valence-electron chi connectivity index (χ1n) is 9.43. The van der Waals surface area contributed by atoms with Crippen LogP contribution >= 0.6 is 22.7 Å². The zero-order valence-electron chi connectivity index (χ0n) is 16.9. The Morgan fingerprint density at radius 3 is 2.50 bits per heavy atom. The summed E-state index contributed by atoms with van der Waals surface area (Å²) in [6.07, 6.45) is 2.15. The second-order valence-corrected chi connectivity index (χ2v) is 10.9. The minimum Gasteiger partial charge on any atom is -0.347 e. The lowest BCUT2D eigenvalue weighted by Gasteiger charge is -2.48. The summed E-state index contributed by atoms with van der Waals surface area (Å²) < 4.78 is 1.18. The van der Waals surface area contributed by atoms with Gasteiger partial charge in [-0.2, -0.15) is 0 Å². The van der Waals surface area contributed by atoms with Crippen LogP contribution in [0.15, 0.2) is 24.3 Å². The fourth-order valence-corrected chi connectivity index (χ4v) is 6.32. The van der Waals surface area contributed by atoms with E-state index in [1.165, 1.54) is 4.70 Å². The molecule has 1 N–H and O–H groups in total. The molecule has 1 aromatic carbocycles. The van der Waals surface area contributed by atoms with Gasteiger partial charge in [-0.25, -0.2) is 4.85 Å². The Morgan fingerprint density at radius 2 is 1.82 bits per heavy atom. The third kappa shape index (κ3) is 3.77. The van der Waals surface area contributed by atoms with Crippen molar-refractivity contribution in [3.05, 3.63) is 35.7 Å². The number of nitrogens with zero attached hydrogens (tertiary/aromatic N) is 4. The predicted molar refractivity (Wildman–Crippen MR) is 120 cm³/mol. The molecule has 0 spiro atoms. The Bertz CT molecular complexity index is 1040. The van der Waals surface area contributed by atoms with Crippen molar-refractivity contribution in [3.8, 4) is 9.88 Å². The number of hydrogen-bond donors (Lipinski definition) is 1. The first kappa shape index (κ1) is 19.3. The molecule has 0 aliphatic carbocycles. The maximum Gasteiger partial charge on any atom is 0.208 e. The van der Waals surface area contributed by atoms with Gasteiger partial charge in [-0.1, -0.05) is 23.5 Å². The summed E-state index contributed by atoms with van der Waals surface area (Å²) in [5, 5.41) is 15.7. The standard InChI is InChI=1S/C21H25N5S2/c1-20(2)11-15(12-21(3,4)25-20)26(6)19-24-23-18(28-19)17-10-13-9-14(22-5)7-8-16(13)27-17/h7-10,15,25H,11-12H2,1-4,6H3. The highest BCUT2D eigenvalue weighted by Gasteiger charge is 2.39. The Balaban J connectivity index is 1.60. The van der Waals surface area contributed by atoms with E-state index in [4.69, 9.17) is 6.57 Å². The van der Waals surface area contributed by atoms with Crippen LogP contribution in [-0.2, 0) is 0 Å². The number of thiophene rings is 1. The maximum absolute atomic E-state index is 7.19. The van der Waals surface area contributed by atoms with Crippen molar-refractivity contribution in [3.63, 3.8) is 0 Å². The van der Waals surface area contributed by atoms with Crippen LogP contribution in [0.25, 0.3) is 24.8 Å². The molecule has 1 aliphatic rings. The number of piperidine rings is 1. The zero-order chi connectivity index (χ0) is 20.1. The quantitative estimate of drug-likeness (QED) is 0.560. The summed E-state index contributed by atoms with van der Waals surface area (Å²) in [6, 6.07) is 8.38. The molecule has 5 nitrogen and oxygen atoms in total. The molecule has 2 aromatic heterocycles. The van der Waals surface area contributed by atoms with Crippen molar-refractivity contribution in [2.24, 2.45) is 0 Å². The van der Waals surface area contributed by atoms with Gasteiger partial charge in [0.05, 0.1) is 11.4 Å². The Hall–Kier alpha value is -2.01. The second kappa shape index (κ2) is 6.80. The van der Waals surface area contributed by atoms with Gasteiger partial charge in [0.1, 0.15) is 0 Å². The predicted octanol–water partition coefficient (Wildman–Crippen LogP) is 5.72. The van der Waals surface area contributed by atoms with E-state index in [1.54, 1.807) is 22.7 Å². The molecular weight excluding hydrogens is 386 g/mol. The summed E-state index contributed by atoms with van der Waals surface area (Å²) in [7, 11) is 2.14. The third-order valence-electron chi connectivity index (χ3n) is 5.27. The molecule has 3 heterocycles. The second-order valence-electron chi connectivity index (χ2n) is 8.90. The number of nitrogens with one attached hydrogen (secondary N) is 1. The lowest BCUT2D eigenvalue weighted by Crippen LogP contribution is -2.61. The summed E-state index contributed by atoms with van der Waals surface area (Å²) in [4.78, 5) is 6.94. The highest BCUT2D eigenvalue weighted by molar-refractivity contribution is 7.26. The van der Waals surface area contributed by atoms with Gasteiger partial charge in [0.25, 0.3) is 0 Å². The smallest absolute Gasteiger partial charge is 0.208 e. The van der Waals surface area contributed by atoms with Crippen LogP contribution in [0.4, 0.5) is 10.8 Å². The van der Waals surface area contributed by atoms with E-state index in [0.717, 1.165) is 33.2 Å². The van der Waals surface area contributed by atoms with E-state index in [1.807, 2.05) is 18.2 Å². The molecule has 1 aliphatic heterocycles. The molecular formula is C21H25N5S2. The highest BCUT2D eigenvalue weighted by Crippen LogP contribution is 2.39. The third-order valence-corrected chi connectivity index (χ3v) is 7.57. The van der Waals surface area contributed by atoms with Crippen LogP contribution in [0.3, 0.4) is 0 Å². The van der Waals surface area contributed by atoms with Crippen molar-refractivity contribution >= 4 is 43.6 Å². The number of hydrogen-bond acceptors (Lipinski definition) is 6.